The van der Waals surface area contributed by atoms with Gasteiger partial charge in [0.05, 0.1) is 5.25 Å². The van der Waals surface area contributed by atoms with E-state index in [-0.39, 0.29) is 11.2 Å². The summed E-state index contributed by atoms with van der Waals surface area (Å²) in [5, 5.41) is 3.01. The van der Waals surface area contributed by atoms with Crippen molar-refractivity contribution in [1.29, 1.82) is 0 Å². The smallest absolute Gasteiger partial charge is 0.233 e. The lowest BCUT2D eigenvalue weighted by Gasteiger charge is -2.12. The van der Waals surface area contributed by atoms with Crippen molar-refractivity contribution in [1.82, 2.24) is 5.32 Å². The average molecular weight is 291 g/mol. The number of aryl methyl sites for hydroxylation is 2. The number of hydrogen-bond donors (Lipinski definition) is 1. The van der Waals surface area contributed by atoms with Crippen molar-refractivity contribution in [2.75, 3.05) is 6.54 Å². The van der Waals surface area contributed by atoms with Gasteiger partial charge in [-0.25, -0.2) is 0 Å². The topological polar surface area (TPSA) is 29.1 Å². The van der Waals surface area contributed by atoms with Gasteiger partial charge in [-0.15, -0.1) is 11.8 Å². The summed E-state index contributed by atoms with van der Waals surface area (Å²) in [5.74, 6) is 0.159. The van der Waals surface area contributed by atoms with Crippen molar-refractivity contribution in [3.05, 3.63) is 29.3 Å². The first-order chi connectivity index (χ1) is 9.70. The molecular weight excluding hydrogens is 266 g/mol. The molecule has 110 valence electrons. The molecule has 1 atom stereocenters. The molecule has 0 radical (unpaired) electrons. The Morgan fingerprint density at radius 1 is 1.30 bits per heavy atom. The lowest BCUT2D eigenvalue weighted by molar-refractivity contribution is -0.120. The summed E-state index contributed by atoms with van der Waals surface area (Å²) in [5.41, 5.74) is 2.97. The normalized spacial score (nSPS) is 14.9. The zero-order valence-corrected chi connectivity index (χ0v) is 13.4. The molecule has 1 unspecified atom stereocenters. The van der Waals surface area contributed by atoms with Crippen LogP contribution in [0.1, 0.15) is 50.7 Å². The number of amides is 1. The number of carbonyl (C=O) groups is 1. The number of rotatable bonds is 7. The fraction of sp³-hybridized carbons (Fsp3) is 0.588. The predicted molar refractivity (Wildman–Crippen MR) is 86.3 cm³/mol. The van der Waals surface area contributed by atoms with Crippen LogP contribution in [0.4, 0.5) is 0 Å². The van der Waals surface area contributed by atoms with Crippen molar-refractivity contribution in [3.63, 3.8) is 0 Å². The Labute approximate surface area is 126 Å². The number of unbranched alkanes of at least 4 members (excludes halogenated alkanes) is 2. The molecule has 1 aliphatic carbocycles. The number of nitrogens with one attached hydrogen (secondary N) is 1. The number of hydrogen-bond acceptors (Lipinski definition) is 2. The molecule has 3 heteroatoms. The highest BCUT2D eigenvalue weighted by Gasteiger charge is 2.16. The minimum absolute atomic E-state index is 0.0175. The van der Waals surface area contributed by atoms with Gasteiger partial charge in [0, 0.05) is 11.4 Å². The van der Waals surface area contributed by atoms with Crippen molar-refractivity contribution in [2.45, 2.75) is 62.5 Å². The van der Waals surface area contributed by atoms with E-state index in [4.69, 9.17) is 0 Å². The Morgan fingerprint density at radius 3 is 2.90 bits per heavy atom. The lowest BCUT2D eigenvalue weighted by Crippen LogP contribution is -2.31. The molecule has 1 aromatic rings. The molecule has 2 nitrogen and oxygen atoms in total. The second-order valence-electron chi connectivity index (χ2n) is 5.54. The van der Waals surface area contributed by atoms with Gasteiger partial charge in [0.25, 0.3) is 0 Å². The molecule has 0 saturated carbocycles. The van der Waals surface area contributed by atoms with Crippen LogP contribution in [0.25, 0.3) is 0 Å². The van der Waals surface area contributed by atoms with E-state index in [1.165, 1.54) is 48.1 Å². The van der Waals surface area contributed by atoms with Gasteiger partial charge in [0.15, 0.2) is 0 Å². The molecule has 0 saturated heterocycles. The summed E-state index contributed by atoms with van der Waals surface area (Å²) in [7, 11) is 0. The maximum Gasteiger partial charge on any atom is 0.233 e. The highest BCUT2D eigenvalue weighted by atomic mass is 32.2. The largest absolute Gasteiger partial charge is 0.355 e. The van der Waals surface area contributed by atoms with Crippen LogP contribution >= 0.6 is 11.8 Å². The van der Waals surface area contributed by atoms with Gasteiger partial charge in [-0.3, -0.25) is 4.79 Å². The van der Waals surface area contributed by atoms with Crippen LogP contribution in [-0.2, 0) is 17.6 Å². The molecule has 1 N–H and O–H groups in total. The Kier molecular flexibility index (Phi) is 5.96. The van der Waals surface area contributed by atoms with E-state index in [1.54, 1.807) is 11.8 Å². The summed E-state index contributed by atoms with van der Waals surface area (Å²) in [6.07, 6.45) is 7.15. The van der Waals surface area contributed by atoms with Gasteiger partial charge in [-0.05, 0) is 55.9 Å². The molecule has 1 amide bonds. The monoisotopic (exact) mass is 291 g/mol. The molecule has 0 heterocycles. The van der Waals surface area contributed by atoms with E-state index in [1.807, 2.05) is 6.92 Å². The summed E-state index contributed by atoms with van der Waals surface area (Å²) in [6, 6.07) is 6.67. The Bertz CT molecular complexity index is 458. The Balaban J connectivity index is 1.81. The van der Waals surface area contributed by atoms with Crippen LogP contribution in [0.5, 0.6) is 0 Å². The lowest BCUT2D eigenvalue weighted by atomic mass is 10.1. The third-order valence-corrected chi connectivity index (χ3v) is 4.93. The number of fused-ring (bicyclic) bond motifs is 1. The van der Waals surface area contributed by atoms with E-state index in [2.05, 4.69) is 30.4 Å². The van der Waals surface area contributed by atoms with Crippen molar-refractivity contribution >= 4 is 17.7 Å². The van der Waals surface area contributed by atoms with Crippen molar-refractivity contribution < 1.29 is 4.79 Å². The van der Waals surface area contributed by atoms with E-state index in [0.717, 1.165) is 13.0 Å². The van der Waals surface area contributed by atoms with E-state index in [9.17, 15) is 4.79 Å². The van der Waals surface area contributed by atoms with E-state index in [0.29, 0.717) is 0 Å². The predicted octanol–water partition coefficient (Wildman–Crippen LogP) is 3.96. The summed E-state index contributed by atoms with van der Waals surface area (Å²) >= 11 is 1.67. The van der Waals surface area contributed by atoms with Gasteiger partial charge in [-0.1, -0.05) is 25.8 Å². The zero-order valence-electron chi connectivity index (χ0n) is 12.6. The highest BCUT2D eigenvalue weighted by molar-refractivity contribution is 8.00. The Morgan fingerprint density at radius 2 is 2.10 bits per heavy atom. The third-order valence-electron chi connectivity index (χ3n) is 3.83. The molecule has 1 aromatic carbocycles. The van der Waals surface area contributed by atoms with Crippen LogP contribution in [0, 0.1) is 0 Å². The first-order valence-electron chi connectivity index (χ1n) is 7.77. The fourth-order valence-electron chi connectivity index (χ4n) is 2.61. The molecule has 0 aliphatic heterocycles. The number of benzene rings is 1. The molecule has 20 heavy (non-hydrogen) atoms. The maximum atomic E-state index is 12.0. The molecule has 0 aromatic heterocycles. The fourth-order valence-corrected chi connectivity index (χ4v) is 3.56. The van der Waals surface area contributed by atoms with Crippen LogP contribution in [0.2, 0.25) is 0 Å². The number of carbonyl (C=O) groups excluding carboxylic acids is 1. The minimum Gasteiger partial charge on any atom is -0.355 e. The van der Waals surface area contributed by atoms with Crippen LogP contribution in [0.15, 0.2) is 23.1 Å². The second kappa shape index (κ2) is 7.72. The first-order valence-corrected chi connectivity index (χ1v) is 8.65. The van der Waals surface area contributed by atoms with Gasteiger partial charge >= 0.3 is 0 Å². The zero-order chi connectivity index (χ0) is 14.4. The van der Waals surface area contributed by atoms with Gasteiger partial charge in [0.1, 0.15) is 0 Å². The quantitative estimate of drug-likeness (QED) is 0.608. The SMILES string of the molecule is CCCCCNC(=O)C(C)Sc1ccc2c(c1)CCC2. The maximum absolute atomic E-state index is 12.0. The van der Waals surface area contributed by atoms with Crippen LogP contribution < -0.4 is 5.32 Å². The van der Waals surface area contributed by atoms with Crippen LogP contribution in [0.3, 0.4) is 0 Å². The third kappa shape index (κ3) is 4.27. The van der Waals surface area contributed by atoms with Crippen molar-refractivity contribution in [3.8, 4) is 0 Å². The molecule has 2 rings (SSSR count). The summed E-state index contributed by atoms with van der Waals surface area (Å²) in [6.45, 7) is 4.98. The Hall–Kier alpha value is -0.960. The average Bonchev–Trinajstić information content (AvgIpc) is 2.90. The molecule has 0 fully saturated rings. The molecule has 1 aliphatic rings. The summed E-state index contributed by atoms with van der Waals surface area (Å²) < 4.78 is 0. The standard InChI is InChI=1S/C17H25NOS/c1-3-4-5-11-18-17(19)13(2)20-16-10-9-14-7-6-8-15(14)12-16/h9-10,12-13H,3-8,11H2,1-2H3,(H,18,19). The number of thioether (sulfide) groups is 1. The van der Waals surface area contributed by atoms with Crippen molar-refractivity contribution in [2.24, 2.45) is 0 Å². The van der Waals surface area contributed by atoms with E-state index < -0.39 is 0 Å². The van der Waals surface area contributed by atoms with Gasteiger partial charge < -0.3 is 5.32 Å². The summed E-state index contributed by atoms with van der Waals surface area (Å²) in [4.78, 5) is 13.2. The highest BCUT2D eigenvalue weighted by Crippen LogP contribution is 2.29. The first kappa shape index (κ1) is 15.4. The van der Waals surface area contributed by atoms with Gasteiger partial charge in [-0.2, -0.15) is 0 Å². The molecule has 0 bridgehead atoms. The van der Waals surface area contributed by atoms with Gasteiger partial charge in [0.2, 0.25) is 5.91 Å². The minimum atomic E-state index is -0.0175. The second-order valence-corrected chi connectivity index (χ2v) is 6.96. The molecular formula is C17H25NOS. The van der Waals surface area contributed by atoms with E-state index >= 15 is 0 Å². The molecule has 0 spiro atoms. The van der Waals surface area contributed by atoms with Crippen LogP contribution in [-0.4, -0.2) is 17.7 Å².